The minimum Gasteiger partial charge on any atom is -0.357 e. The van der Waals surface area contributed by atoms with Crippen molar-refractivity contribution in [2.75, 3.05) is 6.54 Å². The van der Waals surface area contributed by atoms with Crippen molar-refractivity contribution in [1.29, 1.82) is 0 Å². The highest BCUT2D eigenvalue weighted by Crippen LogP contribution is 2.37. The molecule has 0 atom stereocenters. The summed E-state index contributed by atoms with van der Waals surface area (Å²) in [5.74, 6) is -0.505. The second kappa shape index (κ2) is 9.79. The Hall–Kier alpha value is -0.580. The first-order chi connectivity index (χ1) is 10.9. The zero-order chi connectivity index (χ0) is 16.9. The Morgan fingerprint density at radius 1 is 1.33 bits per heavy atom. The maximum absolute atomic E-state index is 12.7. The normalized spacial score (nSPS) is 22.0. The Labute approximate surface area is 161 Å². The Kier molecular flexibility index (Phi) is 8.75. The largest absolute Gasteiger partial charge is 0.391 e. The van der Waals surface area contributed by atoms with Crippen LogP contribution in [-0.2, 0) is 6.54 Å². The number of aryl methyl sites for hydroxylation is 1. The van der Waals surface area contributed by atoms with Gasteiger partial charge in [0.25, 0.3) is 0 Å². The molecule has 1 aliphatic carbocycles. The van der Waals surface area contributed by atoms with Crippen molar-refractivity contribution in [2.45, 2.75) is 58.3 Å². The number of hydrogen-bond donors (Lipinski definition) is 2. The molecule has 0 spiro atoms. The Morgan fingerprint density at radius 2 is 2.00 bits per heavy atom. The smallest absolute Gasteiger partial charge is 0.357 e. The van der Waals surface area contributed by atoms with E-state index in [4.69, 9.17) is 0 Å². The molecule has 0 unspecified atom stereocenters. The molecule has 1 aromatic rings. The molecule has 24 heavy (non-hydrogen) atoms. The van der Waals surface area contributed by atoms with Crippen molar-refractivity contribution in [1.82, 2.24) is 15.6 Å². The van der Waals surface area contributed by atoms with Gasteiger partial charge in [0.05, 0.1) is 12.5 Å². The van der Waals surface area contributed by atoms with Crippen LogP contribution < -0.4 is 10.6 Å². The third-order valence-electron chi connectivity index (χ3n) is 3.92. The first kappa shape index (κ1) is 21.5. The number of aromatic nitrogens is 1. The predicted molar refractivity (Wildman–Crippen MR) is 102 cm³/mol. The molecule has 1 aliphatic rings. The van der Waals surface area contributed by atoms with Gasteiger partial charge in [-0.1, -0.05) is 0 Å². The van der Waals surface area contributed by atoms with E-state index in [1.54, 1.807) is 11.3 Å². The van der Waals surface area contributed by atoms with Crippen molar-refractivity contribution >= 4 is 41.3 Å². The van der Waals surface area contributed by atoms with Crippen molar-refractivity contribution < 1.29 is 13.2 Å². The van der Waals surface area contributed by atoms with Gasteiger partial charge in [-0.05, 0) is 39.5 Å². The van der Waals surface area contributed by atoms with Gasteiger partial charge in [-0.3, -0.25) is 0 Å². The molecule has 0 aromatic carbocycles. The lowest BCUT2D eigenvalue weighted by Gasteiger charge is -2.31. The van der Waals surface area contributed by atoms with E-state index in [0.29, 0.717) is 31.9 Å². The van der Waals surface area contributed by atoms with Crippen LogP contribution in [0.4, 0.5) is 13.2 Å². The van der Waals surface area contributed by atoms with Gasteiger partial charge in [0.1, 0.15) is 5.01 Å². The number of aliphatic imine (C=N–C) groups is 1. The number of nitrogens with one attached hydrogen (secondary N) is 2. The summed E-state index contributed by atoms with van der Waals surface area (Å²) in [5.41, 5.74) is 0. The number of hydrogen-bond acceptors (Lipinski definition) is 3. The minimum absolute atomic E-state index is 0. The van der Waals surface area contributed by atoms with Crippen molar-refractivity contribution in [2.24, 2.45) is 10.9 Å². The van der Waals surface area contributed by atoms with Crippen LogP contribution in [0.5, 0.6) is 0 Å². The summed E-state index contributed by atoms with van der Waals surface area (Å²) >= 11 is 1.60. The van der Waals surface area contributed by atoms with E-state index in [-0.39, 0.29) is 42.9 Å². The molecular weight excluding hydrogens is 452 g/mol. The lowest BCUT2D eigenvalue weighted by atomic mass is 9.85. The molecule has 1 aromatic heterocycles. The van der Waals surface area contributed by atoms with Gasteiger partial charge < -0.3 is 10.6 Å². The predicted octanol–water partition coefficient (Wildman–Crippen LogP) is 4.25. The zero-order valence-corrected chi connectivity index (χ0v) is 17.0. The first-order valence-electron chi connectivity index (χ1n) is 7.91. The van der Waals surface area contributed by atoms with Gasteiger partial charge >= 0.3 is 6.18 Å². The molecule has 0 aliphatic heterocycles. The third-order valence-corrected chi connectivity index (χ3v) is 4.81. The Morgan fingerprint density at radius 3 is 2.50 bits per heavy atom. The number of nitrogens with zero attached hydrogens (tertiary/aromatic N) is 2. The monoisotopic (exact) mass is 476 g/mol. The summed E-state index contributed by atoms with van der Waals surface area (Å²) in [6.45, 7) is 5.14. The van der Waals surface area contributed by atoms with Gasteiger partial charge in [-0.25, -0.2) is 9.98 Å². The molecule has 4 nitrogen and oxygen atoms in total. The molecule has 2 rings (SSSR count). The molecule has 0 amide bonds. The number of halogens is 4. The number of guanidine groups is 1. The van der Waals surface area contributed by atoms with E-state index in [2.05, 4.69) is 20.6 Å². The Bertz CT molecular complexity index is 525. The Balaban J connectivity index is 0.00000288. The maximum atomic E-state index is 12.7. The molecule has 0 radical (unpaired) electrons. The quantitative estimate of drug-likeness (QED) is 0.388. The fourth-order valence-electron chi connectivity index (χ4n) is 2.70. The van der Waals surface area contributed by atoms with E-state index in [9.17, 15) is 13.2 Å². The van der Waals surface area contributed by atoms with E-state index < -0.39 is 12.1 Å². The second-order valence-corrected chi connectivity index (χ2v) is 7.11. The number of thiazole rings is 1. The van der Waals surface area contributed by atoms with Crippen molar-refractivity contribution in [3.63, 3.8) is 0 Å². The molecule has 1 fully saturated rings. The second-order valence-electron chi connectivity index (χ2n) is 5.79. The highest BCUT2D eigenvalue weighted by Gasteiger charge is 2.41. The van der Waals surface area contributed by atoms with E-state index in [1.807, 2.05) is 20.0 Å². The third kappa shape index (κ3) is 6.73. The van der Waals surface area contributed by atoms with Gasteiger partial charge in [0.15, 0.2) is 5.96 Å². The molecule has 138 valence electrons. The maximum Gasteiger partial charge on any atom is 0.391 e. The molecule has 0 bridgehead atoms. The van der Waals surface area contributed by atoms with Crippen LogP contribution in [0.1, 0.15) is 42.5 Å². The van der Waals surface area contributed by atoms with Crippen LogP contribution in [0.3, 0.4) is 0 Å². The standard InChI is InChI=1S/C15H23F3N4S.HI/c1-3-19-14(21-9-13-20-8-10(2)23-13)22-12-6-4-11(5-7-12)15(16,17)18;/h8,11-12H,3-7,9H2,1-2H3,(H2,19,21,22);1H. The van der Waals surface area contributed by atoms with Gasteiger partial charge in [0, 0.05) is 23.7 Å². The highest BCUT2D eigenvalue weighted by atomic mass is 127. The molecular formula is C15H24F3IN4S. The van der Waals surface area contributed by atoms with Gasteiger partial charge in [0.2, 0.25) is 0 Å². The van der Waals surface area contributed by atoms with Crippen LogP contribution >= 0.6 is 35.3 Å². The van der Waals surface area contributed by atoms with Crippen molar-refractivity contribution in [3.8, 4) is 0 Å². The van der Waals surface area contributed by atoms with Crippen LogP contribution in [0, 0.1) is 12.8 Å². The van der Waals surface area contributed by atoms with E-state index in [1.165, 1.54) is 0 Å². The summed E-state index contributed by atoms with van der Waals surface area (Å²) in [6.07, 6.45) is -0.838. The molecule has 0 saturated heterocycles. The SMILES string of the molecule is CCNC(=NCc1ncc(C)s1)NC1CCC(C(F)(F)F)CC1.I. The van der Waals surface area contributed by atoms with Crippen LogP contribution in [0.15, 0.2) is 11.2 Å². The van der Waals surface area contributed by atoms with Gasteiger partial charge in [-0.15, -0.1) is 35.3 Å². The lowest BCUT2D eigenvalue weighted by molar-refractivity contribution is -0.182. The molecule has 9 heteroatoms. The van der Waals surface area contributed by atoms with E-state index in [0.717, 1.165) is 9.88 Å². The van der Waals surface area contributed by atoms with Crippen molar-refractivity contribution in [3.05, 3.63) is 16.1 Å². The average Bonchev–Trinajstić information content (AvgIpc) is 2.90. The summed E-state index contributed by atoms with van der Waals surface area (Å²) in [4.78, 5) is 9.88. The van der Waals surface area contributed by atoms with Crippen LogP contribution in [-0.4, -0.2) is 29.7 Å². The molecule has 1 saturated carbocycles. The van der Waals surface area contributed by atoms with Gasteiger partial charge in [-0.2, -0.15) is 13.2 Å². The zero-order valence-electron chi connectivity index (χ0n) is 13.8. The first-order valence-corrected chi connectivity index (χ1v) is 8.73. The summed E-state index contributed by atoms with van der Waals surface area (Å²) < 4.78 is 38.1. The lowest BCUT2D eigenvalue weighted by Crippen LogP contribution is -2.45. The average molecular weight is 476 g/mol. The fourth-order valence-corrected chi connectivity index (χ4v) is 3.41. The summed E-state index contributed by atoms with van der Waals surface area (Å²) in [7, 11) is 0. The van der Waals surface area contributed by atoms with E-state index >= 15 is 0 Å². The number of rotatable bonds is 4. The number of alkyl halides is 3. The van der Waals surface area contributed by atoms with Crippen LogP contribution in [0.25, 0.3) is 0 Å². The fraction of sp³-hybridized carbons (Fsp3) is 0.733. The minimum atomic E-state index is -4.06. The molecule has 1 heterocycles. The molecule has 2 N–H and O–H groups in total. The summed E-state index contributed by atoms with van der Waals surface area (Å²) in [6, 6.07) is 0.0458. The topological polar surface area (TPSA) is 49.3 Å². The highest BCUT2D eigenvalue weighted by molar-refractivity contribution is 14.0. The van der Waals surface area contributed by atoms with Crippen LogP contribution in [0.2, 0.25) is 0 Å². The summed E-state index contributed by atoms with van der Waals surface area (Å²) in [5, 5.41) is 7.33.